The molecular formula is C19H18ClNO3. The summed E-state index contributed by atoms with van der Waals surface area (Å²) in [6, 6.07) is 14.4. The predicted octanol–water partition coefficient (Wildman–Crippen LogP) is 3.64. The quantitative estimate of drug-likeness (QED) is 0.799. The molecule has 0 aromatic heterocycles. The molecule has 4 nitrogen and oxygen atoms in total. The molecule has 1 heterocycles. The maximum absolute atomic E-state index is 12.8. The summed E-state index contributed by atoms with van der Waals surface area (Å²) in [5.74, 6) is -0.650. The molecule has 0 fully saturated rings. The Kier molecular flexibility index (Phi) is 4.58. The lowest BCUT2D eigenvalue weighted by molar-refractivity contribution is -0.141. The first-order chi connectivity index (χ1) is 11.5. The highest BCUT2D eigenvalue weighted by atomic mass is 35.5. The molecule has 124 valence electrons. The number of carbonyl (C=O) groups is 2. The van der Waals surface area contributed by atoms with Gasteiger partial charge < -0.3 is 9.64 Å². The van der Waals surface area contributed by atoms with Crippen molar-refractivity contribution in [3.8, 4) is 0 Å². The van der Waals surface area contributed by atoms with E-state index in [1.807, 2.05) is 31.2 Å². The third-order valence-corrected chi connectivity index (χ3v) is 4.70. The predicted molar refractivity (Wildman–Crippen MR) is 92.0 cm³/mol. The van der Waals surface area contributed by atoms with E-state index in [1.165, 1.54) is 0 Å². The van der Waals surface area contributed by atoms with E-state index < -0.39 is 12.1 Å². The van der Waals surface area contributed by atoms with Crippen LogP contribution in [0.2, 0.25) is 5.02 Å². The molecule has 0 bridgehead atoms. The van der Waals surface area contributed by atoms with Crippen LogP contribution < -0.4 is 0 Å². The number of cyclic esters (lactones) is 1. The van der Waals surface area contributed by atoms with Crippen molar-refractivity contribution in [2.45, 2.75) is 25.5 Å². The van der Waals surface area contributed by atoms with Crippen LogP contribution in [0.1, 0.15) is 34.5 Å². The number of benzene rings is 2. The Hall–Kier alpha value is -2.33. The number of ether oxygens (including phenoxy) is 1. The van der Waals surface area contributed by atoms with Gasteiger partial charge in [0.2, 0.25) is 0 Å². The van der Waals surface area contributed by atoms with Gasteiger partial charge in [0.1, 0.15) is 0 Å². The Labute approximate surface area is 146 Å². The van der Waals surface area contributed by atoms with Gasteiger partial charge >= 0.3 is 5.97 Å². The van der Waals surface area contributed by atoms with E-state index >= 15 is 0 Å². The van der Waals surface area contributed by atoms with Crippen LogP contribution in [0.5, 0.6) is 0 Å². The molecule has 0 N–H and O–H groups in total. The van der Waals surface area contributed by atoms with Crippen LogP contribution in [0.3, 0.4) is 0 Å². The fourth-order valence-corrected chi connectivity index (χ4v) is 2.98. The molecule has 2 atom stereocenters. The SMILES string of the molecule is CC(c1ccc(Cl)cc1)N(C)C(=O)C1Cc2ccccc2C(=O)O1. The molecular weight excluding hydrogens is 326 g/mol. The Morgan fingerprint density at radius 1 is 1.21 bits per heavy atom. The normalized spacial score (nSPS) is 17.6. The zero-order valence-electron chi connectivity index (χ0n) is 13.5. The van der Waals surface area contributed by atoms with E-state index in [9.17, 15) is 9.59 Å². The van der Waals surface area contributed by atoms with Crippen LogP contribution in [0, 0.1) is 0 Å². The summed E-state index contributed by atoms with van der Waals surface area (Å²) in [5, 5.41) is 0.651. The molecule has 5 heteroatoms. The summed E-state index contributed by atoms with van der Waals surface area (Å²) in [6.07, 6.45) is -0.384. The summed E-state index contributed by atoms with van der Waals surface area (Å²) in [7, 11) is 1.72. The first kappa shape index (κ1) is 16.5. The van der Waals surface area contributed by atoms with E-state index in [0.29, 0.717) is 17.0 Å². The van der Waals surface area contributed by atoms with E-state index in [4.69, 9.17) is 16.3 Å². The number of hydrogen-bond donors (Lipinski definition) is 0. The molecule has 2 aromatic carbocycles. The van der Waals surface area contributed by atoms with Crippen LogP contribution in [0.4, 0.5) is 0 Å². The van der Waals surface area contributed by atoms with Gasteiger partial charge in [-0.25, -0.2) is 4.79 Å². The smallest absolute Gasteiger partial charge is 0.339 e. The standard InChI is InChI=1S/C19H18ClNO3/c1-12(13-7-9-15(20)10-8-13)21(2)18(22)17-11-14-5-3-4-6-16(14)19(23)24-17/h3-10,12,17H,11H2,1-2H3. The molecule has 1 aliphatic rings. The van der Waals surface area contributed by atoms with Crippen molar-refractivity contribution >= 4 is 23.5 Å². The highest BCUT2D eigenvalue weighted by molar-refractivity contribution is 6.30. The lowest BCUT2D eigenvalue weighted by Crippen LogP contribution is -2.43. The summed E-state index contributed by atoms with van der Waals surface area (Å²) in [5.41, 5.74) is 2.35. The highest BCUT2D eigenvalue weighted by Crippen LogP contribution is 2.25. The molecule has 0 aliphatic carbocycles. The molecule has 0 spiro atoms. The Bertz CT molecular complexity index is 772. The van der Waals surface area contributed by atoms with Gasteiger partial charge in [0.05, 0.1) is 11.6 Å². The fraction of sp³-hybridized carbons (Fsp3) is 0.263. The molecule has 1 amide bonds. The van der Waals surface area contributed by atoms with Gasteiger partial charge in [0, 0.05) is 18.5 Å². The van der Waals surface area contributed by atoms with Gasteiger partial charge in [0.25, 0.3) is 5.91 Å². The lowest BCUT2D eigenvalue weighted by atomic mass is 9.97. The molecule has 0 radical (unpaired) electrons. The van der Waals surface area contributed by atoms with E-state index in [0.717, 1.165) is 11.1 Å². The third-order valence-electron chi connectivity index (χ3n) is 4.45. The molecule has 2 unspecified atom stereocenters. The first-order valence-corrected chi connectivity index (χ1v) is 8.16. The number of esters is 1. The molecule has 0 saturated carbocycles. The van der Waals surface area contributed by atoms with Crippen LogP contribution in [0.25, 0.3) is 0 Å². The minimum atomic E-state index is -0.785. The van der Waals surface area contributed by atoms with Crippen LogP contribution in [-0.2, 0) is 16.0 Å². The van der Waals surface area contributed by atoms with Gasteiger partial charge in [-0.1, -0.05) is 41.9 Å². The minimum absolute atomic E-state index is 0.148. The van der Waals surface area contributed by atoms with Crippen LogP contribution in [-0.4, -0.2) is 29.9 Å². The van der Waals surface area contributed by atoms with Crippen LogP contribution in [0.15, 0.2) is 48.5 Å². The van der Waals surface area contributed by atoms with Crippen LogP contribution >= 0.6 is 11.6 Å². The summed E-state index contributed by atoms with van der Waals surface area (Å²) in [6.45, 7) is 1.93. The van der Waals surface area contributed by atoms with Gasteiger partial charge in [-0.05, 0) is 36.2 Å². The van der Waals surface area contributed by atoms with Crippen molar-refractivity contribution in [2.75, 3.05) is 7.05 Å². The third kappa shape index (κ3) is 3.15. The van der Waals surface area contributed by atoms with Gasteiger partial charge in [-0.3, -0.25) is 4.79 Å². The zero-order chi connectivity index (χ0) is 17.3. The number of carbonyl (C=O) groups excluding carboxylic acids is 2. The Morgan fingerprint density at radius 3 is 2.58 bits per heavy atom. The average Bonchev–Trinajstić information content (AvgIpc) is 2.60. The number of fused-ring (bicyclic) bond motifs is 1. The van der Waals surface area contributed by atoms with Crippen molar-refractivity contribution in [2.24, 2.45) is 0 Å². The Morgan fingerprint density at radius 2 is 1.88 bits per heavy atom. The second-order valence-electron chi connectivity index (χ2n) is 5.93. The Balaban J connectivity index is 1.77. The summed E-state index contributed by atoms with van der Waals surface area (Å²) in [4.78, 5) is 26.5. The average molecular weight is 344 g/mol. The number of likely N-dealkylation sites (N-methyl/N-ethyl adjacent to an activating group) is 1. The van der Waals surface area contributed by atoms with Gasteiger partial charge in [-0.2, -0.15) is 0 Å². The van der Waals surface area contributed by atoms with E-state index in [2.05, 4.69) is 0 Å². The fourth-order valence-electron chi connectivity index (χ4n) is 2.85. The van der Waals surface area contributed by atoms with Crippen molar-refractivity contribution in [3.63, 3.8) is 0 Å². The van der Waals surface area contributed by atoms with Crippen molar-refractivity contribution in [3.05, 3.63) is 70.2 Å². The molecule has 1 aliphatic heterocycles. The summed E-state index contributed by atoms with van der Waals surface area (Å²) < 4.78 is 5.35. The molecule has 3 rings (SSSR count). The number of halogens is 1. The molecule has 0 saturated heterocycles. The first-order valence-electron chi connectivity index (χ1n) is 7.78. The highest BCUT2D eigenvalue weighted by Gasteiger charge is 2.34. The second kappa shape index (κ2) is 6.65. The number of hydrogen-bond acceptors (Lipinski definition) is 3. The van der Waals surface area contributed by atoms with E-state index in [1.54, 1.807) is 36.2 Å². The number of rotatable bonds is 3. The zero-order valence-corrected chi connectivity index (χ0v) is 14.3. The maximum Gasteiger partial charge on any atom is 0.339 e. The van der Waals surface area contributed by atoms with Crippen molar-refractivity contribution in [1.82, 2.24) is 4.90 Å². The summed E-state index contributed by atoms with van der Waals surface area (Å²) >= 11 is 5.91. The number of nitrogens with zero attached hydrogens (tertiary/aromatic N) is 1. The number of amides is 1. The molecule has 24 heavy (non-hydrogen) atoms. The topological polar surface area (TPSA) is 46.6 Å². The minimum Gasteiger partial charge on any atom is -0.448 e. The van der Waals surface area contributed by atoms with Crippen molar-refractivity contribution in [1.29, 1.82) is 0 Å². The largest absolute Gasteiger partial charge is 0.448 e. The van der Waals surface area contributed by atoms with Gasteiger partial charge in [0.15, 0.2) is 6.10 Å². The molecule has 2 aromatic rings. The maximum atomic E-state index is 12.8. The van der Waals surface area contributed by atoms with E-state index in [-0.39, 0.29) is 11.9 Å². The lowest BCUT2D eigenvalue weighted by Gasteiger charge is -2.31. The monoisotopic (exact) mass is 343 g/mol. The van der Waals surface area contributed by atoms with Crippen molar-refractivity contribution < 1.29 is 14.3 Å². The second-order valence-corrected chi connectivity index (χ2v) is 6.37. The van der Waals surface area contributed by atoms with Gasteiger partial charge in [-0.15, -0.1) is 0 Å².